The molecule has 124 valence electrons. The highest BCUT2D eigenvalue weighted by molar-refractivity contribution is 7.99. The number of hydrogen-bond acceptors (Lipinski definition) is 7. The molecule has 0 amide bonds. The number of benzene rings is 2. The molecule has 4 N–H and O–H groups in total. The molecule has 1 aromatic heterocycles. The van der Waals surface area contributed by atoms with Gasteiger partial charge in [-0.25, -0.2) is 4.98 Å². The molecule has 0 radical (unpaired) electrons. The van der Waals surface area contributed by atoms with E-state index in [0.717, 1.165) is 21.1 Å². The fourth-order valence-corrected chi connectivity index (χ4v) is 3.34. The van der Waals surface area contributed by atoms with Crippen molar-refractivity contribution in [3.63, 3.8) is 0 Å². The van der Waals surface area contributed by atoms with Crippen LogP contribution < -0.4 is 16.2 Å². The number of nitriles is 1. The standard InChI is InChI=1S/C18H15N5OS/c1-24-11-5-4-6-12(9-11)25-15-8-3-2-7-13(15)16-14(10-19)17(20)23-18(21)22-16/h2-9H,1H3,(H4,20,21,22,23). The molecule has 1 heterocycles. The van der Waals surface area contributed by atoms with Gasteiger partial charge >= 0.3 is 0 Å². The second-order valence-corrected chi connectivity index (χ2v) is 6.20. The summed E-state index contributed by atoms with van der Waals surface area (Å²) in [7, 11) is 1.63. The van der Waals surface area contributed by atoms with Crippen LogP contribution in [0.5, 0.6) is 5.75 Å². The van der Waals surface area contributed by atoms with E-state index in [9.17, 15) is 5.26 Å². The highest BCUT2D eigenvalue weighted by Crippen LogP contribution is 2.38. The van der Waals surface area contributed by atoms with E-state index < -0.39 is 0 Å². The van der Waals surface area contributed by atoms with Gasteiger partial charge in [0.05, 0.1) is 12.8 Å². The second-order valence-electron chi connectivity index (χ2n) is 5.08. The Hall–Kier alpha value is -3.24. The van der Waals surface area contributed by atoms with Gasteiger partial charge in [-0.3, -0.25) is 0 Å². The summed E-state index contributed by atoms with van der Waals surface area (Å²) < 4.78 is 5.27. The largest absolute Gasteiger partial charge is 0.497 e. The summed E-state index contributed by atoms with van der Waals surface area (Å²) in [5.41, 5.74) is 13.0. The summed E-state index contributed by atoms with van der Waals surface area (Å²) in [4.78, 5) is 10.0. The Bertz CT molecular complexity index is 968. The van der Waals surface area contributed by atoms with Crippen molar-refractivity contribution in [2.45, 2.75) is 9.79 Å². The van der Waals surface area contributed by atoms with Crippen LogP contribution in [0, 0.1) is 11.3 Å². The molecule has 0 saturated carbocycles. The maximum Gasteiger partial charge on any atom is 0.222 e. The molecule has 25 heavy (non-hydrogen) atoms. The highest BCUT2D eigenvalue weighted by Gasteiger charge is 2.16. The second kappa shape index (κ2) is 7.11. The van der Waals surface area contributed by atoms with E-state index in [1.807, 2.05) is 48.5 Å². The molecule has 2 aromatic carbocycles. The fraction of sp³-hybridized carbons (Fsp3) is 0.0556. The lowest BCUT2D eigenvalue weighted by Crippen LogP contribution is -2.05. The minimum Gasteiger partial charge on any atom is -0.497 e. The predicted octanol–water partition coefficient (Wildman–Crippen LogP) is 3.34. The van der Waals surface area contributed by atoms with Gasteiger partial charge in [0.25, 0.3) is 0 Å². The van der Waals surface area contributed by atoms with Crippen molar-refractivity contribution >= 4 is 23.5 Å². The zero-order chi connectivity index (χ0) is 17.8. The Balaban J connectivity index is 2.10. The highest BCUT2D eigenvalue weighted by atomic mass is 32.2. The fourth-order valence-electron chi connectivity index (χ4n) is 2.34. The van der Waals surface area contributed by atoms with Gasteiger partial charge in [-0.1, -0.05) is 36.0 Å². The third-order valence-electron chi connectivity index (χ3n) is 3.48. The van der Waals surface area contributed by atoms with Crippen LogP contribution in [0.3, 0.4) is 0 Å². The van der Waals surface area contributed by atoms with Gasteiger partial charge < -0.3 is 16.2 Å². The number of hydrogen-bond donors (Lipinski definition) is 2. The summed E-state index contributed by atoms with van der Waals surface area (Å²) in [5, 5.41) is 9.43. The smallest absolute Gasteiger partial charge is 0.222 e. The molecule has 0 atom stereocenters. The number of nitrogen functional groups attached to an aromatic ring is 2. The Morgan fingerprint density at radius 3 is 2.64 bits per heavy atom. The molecule has 0 unspecified atom stereocenters. The minimum absolute atomic E-state index is 0.0349. The van der Waals surface area contributed by atoms with Gasteiger partial charge in [0, 0.05) is 15.4 Å². The molecule has 0 aliphatic heterocycles. The van der Waals surface area contributed by atoms with Crippen LogP contribution in [-0.4, -0.2) is 17.1 Å². The number of nitrogens with zero attached hydrogens (tertiary/aromatic N) is 3. The number of nitrogens with two attached hydrogens (primary N) is 2. The van der Waals surface area contributed by atoms with Crippen LogP contribution in [0.4, 0.5) is 11.8 Å². The molecule has 3 aromatic rings. The van der Waals surface area contributed by atoms with Crippen LogP contribution in [-0.2, 0) is 0 Å². The SMILES string of the molecule is COc1cccc(Sc2ccccc2-c2nc(N)nc(N)c2C#N)c1. The lowest BCUT2D eigenvalue weighted by Gasteiger charge is -2.12. The van der Waals surface area contributed by atoms with Crippen LogP contribution in [0.1, 0.15) is 5.56 Å². The summed E-state index contributed by atoms with van der Waals surface area (Å²) >= 11 is 1.54. The van der Waals surface area contributed by atoms with E-state index in [2.05, 4.69) is 16.0 Å². The summed E-state index contributed by atoms with van der Waals surface area (Å²) in [5.74, 6) is 0.884. The van der Waals surface area contributed by atoms with Crippen molar-refractivity contribution in [1.29, 1.82) is 5.26 Å². The quantitative estimate of drug-likeness (QED) is 0.743. The number of ether oxygens (including phenoxy) is 1. The summed E-state index contributed by atoms with van der Waals surface area (Å²) in [6.45, 7) is 0. The van der Waals surface area contributed by atoms with E-state index >= 15 is 0 Å². The summed E-state index contributed by atoms with van der Waals surface area (Å²) in [6, 6.07) is 17.4. The molecule has 0 aliphatic rings. The maximum atomic E-state index is 9.43. The van der Waals surface area contributed by atoms with Crippen molar-refractivity contribution in [1.82, 2.24) is 9.97 Å². The lowest BCUT2D eigenvalue weighted by molar-refractivity contribution is 0.413. The topological polar surface area (TPSA) is 111 Å². The zero-order valence-electron chi connectivity index (χ0n) is 13.4. The lowest BCUT2D eigenvalue weighted by atomic mass is 10.1. The first-order valence-corrected chi connectivity index (χ1v) is 8.18. The maximum absolute atomic E-state index is 9.43. The molecule has 0 spiro atoms. The van der Waals surface area contributed by atoms with Gasteiger partial charge in [-0.15, -0.1) is 0 Å². The van der Waals surface area contributed by atoms with Gasteiger partial charge in [0.2, 0.25) is 5.95 Å². The Morgan fingerprint density at radius 1 is 1.08 bits per heavy atom. The third kappa shape index (κ3) is 3.49. The Morgan fingerprint density at radius 2 is 1.88 bits per heavy atom. The van der Waals surface area contributed by atoms with Crippen LogP contribution in [0.2, 0.25) is 0 Å². The number of rotatable bonds is 4. The van der Waals surface area contributed by atoms with Gasteiger partial charge in [0.15, 0.2) is 0 Å². The average Bonchev–Trinajstić information content (AvgIpc) is 2.62. The molecule has 0 saturated heterocycles. The van der Waals surface area contributed by atoms with Gasteiger partial charge in [-0.2, -0.15) is 10.2 Å². The van der Waals surface area contributed by atoms with Crippen LogP contribution >= 0.6 is 11.8 Å². The number of anilines is 2. The minimum atomic E-state index is 0.0349. The monoisotopic (exact) mass is 349 g/mol. The first kappa shape index (κ1) is 16.6. The normalized spacial score (nSPS) is 10.2. The van der Waals surface area contributed by atoms with E-state index in [1.165, 1.54) is 11.8 Å². The summed E-state index contributed by atoms with van der Waals surface area (Å²) in [6.07, 6.45) is 0. The van der Waals surface area contributed by atoms with E-state index in [4.69, 9.17) is 16.2 Å². The van der Waals surface area contributed by atoms with Gasteiger partial charge in [-0.05, 0) is 24.3 Å². The van der Waals surface area contributed by atoms with E-state index in [-0.39, 0.29) is 17.3 Å². The third-order valence-corrected chi connectivity index (χ3v) is 4.54. The molecule has 0 fully saturated rings. The number of methoxy groups -OCH3 is 1. The molecular formula is C18H15N5OS. The van der Waals surface area contributed by atoms with Crippen molar-refractivity contribution < 1.29 is 4.74 Å². The molecule has 7 heteroatoms. The Kier molecular flexibility index (Phi) is 4.73. The molecule has 0 bridgehead atoms. The average molecular weight is 349 g/mol. The van der Waals surface area contributed by atoms with E-state index in [0.29, 0.717) is 5.69 Å². The Labute approximate surface area is 149 Å². The molecule has 3 rings (SSSR count). The molecule has 6 nitrogen and oxygen atoms in total. The van der Waals surface area contributed by atoms with Crippen molar-refractivity contribution in [3.8, 4) is 23.1 Å². The van der Waals surface area contributed by atoms with Crippen LogP contribution in [0.25, 0.3) is 11.3 Å². The van der Waals surface area contributed by atoms with Crippen molar-refractivity contribution in [3.05, 3.63) is 54.1 Å². The number of aromatic nitrogens is 2. The first-order chi connectivity index (χ1) is 12.1. The van der Waals surface area contributed by atoms with Gasteiger partial charge in [0.1, 0.15) is 23.2 Å². The van der Waals surface area contributed by atoms with Crippen molar-refractivity contribution in [2.75, 3.05) is 18.6 Å². The molecule has 0 aliphatic carbocycles. The molecular weight excluding hydrogens is 334 g/mol. The van der Waals surface area contributed by atoms with Crippen LogP contribution in [0.15, 0.2) is 58.3 Å². The first-order valence-electron chi connectivity index (χ1n) is 7.36. The zero-order valence-corrected chi connectivity index (χ0v) is 14.2. The predicted molar refractivity (Wildman–Crippen MR) is 98.1 cm³/mol. The van der Waals surface area contributed by atoms with E-state index in [1.54, 1.807) is 7.11 Å². The van der Waals surface area contributed by atoms with Crippen molar-refractivity contribution in [2.24, 2.45) is 0 Å².